The van der Waals surface area contributed by atoms with Gasteiger partial charge in [-0.1, -0.05) is 60.7 Å². The SMILES string of the molecule is COc1ccc(C(C)(Cc2cccc(C)c2Cc2ccccc2C)c2ccccn2)cc1. The molecule has 2 nitrogen and oxygen atoms in total. The molecule has 0 aliphatic heterocycles. The van der Waals surface area contributed by atoms with Gasteiger partial charge in [-0.25, -0.2) is 0 Å². The molecule has 0 saturated heterocycles. The molecular formula is C30H31NO. The Labute approximate surface area is 191 Å². The summed E-state index contributed by atoms with van der Waals surface area (Å²) in [5.74, 6) is 0.868. The molecule has 0 fully saturated rings. The first-order valence-corrected chi connectivity index (χ1v) is 11.2. The standard InChI is InChI=1S/C30H31NO/c1-22-10-5-6-12-24(22)20-28-23(2)11-9-13-25(28)21-30(3,29-14-7-8-19-31-29)26-15-17-27(32-4)18-16-26/h5-19H,20-21H2,1-4H3. The highest BCUT2D eigenvalue weighted by Crippen LogP contribution is 2.37. The van der Waals surface area contributed by atoms with Crippen molar-refractivity contribution in [2.24, 2.45) is 0 Å². The molecule has 0 radical (unpaired) electrons. The number of nitrogens with zero attached hydrogens (tertiary/aromatic N) is 1. The van der Waals surface area contributed by atoms with Crippen LogP contribution >= 0.6 is 0 Å². The van der Waals surface area contributed by atoms with Crippen LogP contribution in [0.2, 0.25) is 0 Å². The Bertz CT molecular complexity index is 1180. The Morgan fingerprint density at radius 3 is 2.12 bits per heavy atom. The predicted octanol–water partition coefficient (Wildman–Crippen LogP) is 6.85. The van der Waals surface area contributed by atoms with E-state index in [0.717, 1.165) is 24.3 Å². The maximum absolute atomic E-state index is 5.40. The van der Waals surface area contributed by atoms with Crippen LogP contribution < -0.4 is 4.74 Å². The fourth-order valence-electron chi connectivity index (χ4n) is 4.55. The predicted molar refractivity (Wildman–Crippen MR) is 133 cm³/mol. The molecule has 2 heteroatoms. The van der Waals surface area contributed by atoms with Crippen molar-refractivity contribution in [1.29, 1.82) is 0 Å². The van der Waals surface area contributed by atoms with E-state index >= 15 is 0 Å². The molecule has 1 heterocycles. The Morgan fingerprint density at radius 1 is 0.750 bits per heavy atom. The van der Waals surface area contributed by atoms with E-state index in [1.807, 2.05) is 24.4 Å². The second kappa shape index (κ2) is 9.40. The van der Waals surface area contributed by atoms with E-state index < -0.39 is 0 Å². The number of aromatic nitrogens is 1. The first-order chi connectivity index (χ1) is 15.5. The summed E-state index contributed by atoms with van der Waals surface area (Å²) in [6, 6.07) is 30.0. The van der Waals surface area contributed by atoms with Crippen LogP contribution in [0.4, 0.5) is 0 Å². The average molecular weight is 422 g/mol. The summed E-state index contributed by atoms with van der Waals surface area (Å²) < 4.78 is 5.40. The quantitative estimate of drug-likeness (QED) is 0.326. The molecule has 0 spiro atoms. The van der Waals surface area contributed by atoms with E-state index in [-0.39, 0.29) is 5.41 Å². The van der Waals surface area contributed by atoms with Gasteiger partial charge in [-0.3, -0.25) is 4.98 Å². The van der Waals surface area contributed by atoms with E-state index in [4.69, 9.17) is 9.72 Å². The molecule has 1 aromatic heterocycles. The van der Waals surface area contributed by atoms with E-state index in [9.17, 15) is 0 Å². The third-order valence-electron chi connectivity index (χ3n) is 6.64. The number of rotatable bonds is 7. The van der Waals surface area contributed by atoms with Gasteiger partial charge in [0.25, 0.3) is 0 Å². The van der Waals surface area contributed by atoms with Crippen molar-refractivity contribution in [3.05, 3.63) is 130 Å². The van der Waals surface area contributed by atoms with Crippen molar-refractivity contribution in [1.82, 2.24) is 4.98 Å². The normalized spacial score (nSPS) is 12.9. The molecule has 1 unspecified atom stereocenters. The minimum atomic E-state index is -0.262. The van der Waals surface area contributed by atoms with E-state index in [1.54, 1.807) is 7.11 Å². The molecule has 4 aromatic rings. The first kappa shape index (κ1) is 21.8. The smallest absolute Gasteiger partial charge is 0.118 e. The number of ether oxygens (including phenoxy) is 1. The van der Waals surface area contributed by atoms with Crippen LogP contribution in [0.25, 0.3) is 0 Å². The number of methoxy groups -OCH3 is 1. The molecule has 0 aliphatic rings. The van der Waals surface area contributed by atoms with Crippen molar-refractivity contribution >= 4 is 0 Å². The van der Waals surface area contributed by atoms with E-state index in [1.165, 1.54) is 33.4 Å². The number of pyridine rings is 1. The van der Waals surface area contributed by atoms with Gasteiger partial charge in [-0.15, -0.1) is 0 Å². The zero-order chi connectivity index (χ0) is 22.6. The molecule has 0 saturated carbocycles. The zero-order valence-electron chi connectivity index (χ0n) is 19.4. The van der Waals surface area contributed by atoms with Crippen LogP contribution in [0, 0.1) is 13.8 Å². The van der Waals surface area contributed by atoms with Gasteiger partial charge < -0.3 is 4.74 Å². The lowest BCUT2D eigenvalue weighted by Crippen LogP contribution is -2.28. The Morgan fingerprint density at radius 2 is 1.44 bits per heavy atom. The largest absolute Gasteiger partial charge is 0.497 e. The lowest BCUT2D eigenvalue weighted by Gasteiger charge is -2.31. The van der Waals surface area contributed by atoms with Gasteiger partial charge in [0, 0.05) is 11.6 Å². The van der Waals surface area contributed by atoms with Crippen molar-refractivity contribution in [3.63, 3.8) is 0 Å². The lowest BCUT2D eigenvalue weighted by atomic mass is 9.73. The van der Waals surface area contributed by atoms with Gasteiger partial charge >= 0.3 is 0 Å². The number of hydrogen-bond donors (Lipinski definition) is 0. The summed E-state index contributed by atoms with van der Waals surface area (Å²) >= 11 is 0. The zero-order valence-corrected chi connectivity index (χ0v) is 19.4. The van der Waals surface area contributed by atoms with Gasteiger partial charge in [-0.05, 0) is 91.3 Å². The minimum Gasteiger partial charge on any atom is -0.497 e. The molecule has 0 amide bonds. The highest BCUT2D eigenvalue weighted by molar-refractivity contribution is 5.45. The highest BCUT2D eigenvalue weighted by Gasteiger charge is 2.31. The third kappa shape index (κ3) is 4.45. The van der Waals surface area contributed by atoms with Crippen LogP contribution in [0.15, 0.2) is 91.1 Å². The number of aryl methyl sites for hydroxylation is 2. The number of benzene rings is 3. The van der Waals surface area contributed by atoms with Crippen LogP contribution in [0.1, 0.15) is 46.0 Å². The third-order valence-corrected chi connectivity index (χ3v) is 6.64. The molecule has 1 atom stereocenters. The topological polar surface area (TPSA) is 22.1 Å². The van der Waals surface area contributed by atoms with Crippen LogP contribution in [-0.2, 0) is 18.3 Å². The molecule has 3 aromatic carbocycles. The average Bonchev–Trinajstić information content (AvgIpc) is 2.83. The van der Waals surface area contributed by atoms with Crippen molar-refractivity contribution in [2.45, 2.75) is 39.0 Å². The number of hydrogen-bond acceptors (Lipinski definition) is 2. The van der Waals surface area contributed by atoms with Crippen LogP contribution in [-0.4, -0.2) is 12.1 Å². The molecule has 0 N–H and O–H groups in total. The van der Waals surface area contributed by atoms with Crippen LogP contribution in [0.5, 0.6) is 5.75 Å². The second-order valence-corrected chi connectivity index (χ2v) is 8.77. The summed E-state index contributed by atoms with van der Waals surface area (Å²) in [6.07, 6.45) is 3.70. The Hall–Kier alpha value is -3.39. The van der Waals surface area contributed by atoms with E-state index in [2.05, 4.69) is 87.5 Å². The summed E-state index contributed by atoms with van der Waals surface area (Å²) in [5.41, 5.74) is 8.89. The molecule has 162 valence electrons. The van der Waals surface area contributed by atoms with Gasteiger partial charge in [0.15, 0.2) is 0 Å². The van der Waals surface area contributed by atoms with Gasteiger partial charge in [0.1, 0.15) is 5.75 Å². The molecular weight excluding hydrogens is 390 g/mol. The molecule has 0 aliphatic carbocycles. The maximum atomic E-state index is 5.40. The lowest BCUT2D eigenvalue weighted by molar-refractivity contribution is 0.414. The summed E-state index contributed by atoms with van der Waals surface area (Å²) in [7, 11) is 1.71. The van der Waals surface area contributed by atoms with Crippen molar-refractivity contribution < 1.29 is 4.74 Å². The summed E-state index contributed by atoms with van der Waals surface area (Å²) in [4.78, 5) is 4.78. The maximum Gasteiger partial charge on any atom is 0.118 e. The molecule has 32 heavy (non-hydrogen) atoms. The Balaban J connectivity index is 1.79. The van der Waals surface area contributed by atoms with Gasteiger partial charge in [-0.2, -0.15) is 0 Å². The summed E-state index contributed by atoms with van der Waals surface area (Å²) in [6.45, 7) is 6.72. The monoisotopic (exact) mass is 421 g/mol. The van der Waals surface area contributed by atoms with Gasteiger partial charge in [0.2, 0.25) is 0 Å². The summed E-state index contributed by atoms with van der Waals surface area (Å²) in [5, 5.41) is 0. The fourth-order valence-corrected chi connectivity index (χ4v) is 4.55. The first-order valence-electron chi connectivity index (χ1n) is 11.2. The van der Waals surface area contributed by atoms with E-state index in [0.29, 0.717) is 0 Å². The molecule has 0 bridgehead atoms. The van der Waals surface area contributed by atoms with Gasteiger partial charge in [0.05, 0.1) is 12.8 Å². The van der Waals surface area contributed by atoms with Crippen molar-refractivity contribution in [2.75, 3.05) is 7.11 Å². The van der Waals surface area contributed by atoms with Crippen molar-refractivity contribution in [3.8, 4) is 5.75 Å². The molecule has 4 rings (SSSR count). The minimum absolute atomic E-state index is 0.262. The van der Waals surface area contributed by atoms with Crippen LogP contribution in [0.3, 0.4) is 0 Å². The highest BCUT2D eigenvalue weighted by atomic mass is 16.5. The fraction of sp³-hybridized carbons (Fsp3) is 0.233. The second-order valence-electron chi connectivity index (χ2n) is 8.77. The Kier molecular flexibility index (Phi) is 6.41.